The normalized spacial score (nSPS) is 20.3. The average Bonchev–Trinajstić information content (AvgIpc) is 3.34. The molecule has 0 aliphatic heterocycles. The van der Waals surface area contributed by atoms with Gasteiger partial charge in [-0.25, -0.2) is 13.1 Å². The van der Waals surface area contributed by atoms with Crippen LogP contribution in [0.15, 0.2) is 58.9 Å². The second kappa shape index (κ2) is 8.19. The number of nitrogens with zero attached hydrogens (tertiary/aromatic N) is 2. The molecule has 7 heteroatoms. The topological polar surface area (TPSA) is 64.0 Å². The summed E-state index contributed by atoms with van der Waals surface area (Å²) in [7, 11) is -3.65. The van der Waals surface area contributed by atoms with Gasteiger partial charge in [-0.05, 0) is 35.8 Å². The molecule has 4 rings (SSSR count). The number of thiophene rings is 1. The number of rotatable bonds is 6. The highest BCUT2D eigenvalue weighted by Crippen LogP contribution is 2.31. The van der Waals surface area contributed by atoms with E-state index in [2.05, 4.69) is 16.7 Å². The van der Waals surface area contributed by atoms with Gasteiger partial charge in [0.15, 0.2) is 0 Å². The third kappa shape index (κ3) is 4.21. The standard InChI is InChI=1S/C21H25N3O2S2/c1-16-8-5-6-11-18(16)23-28(25,26)20-15-24(14-17-9-3-2-4-10-17)22-21(20)19-12-7-13-27-19/h2-4,7,9-10,12-13,15-16,18,23H,5-6,8,11,14H2,1H3. The Hall–Kier alpha value is -1.96. The van der Waals surface area contributed by atoms with Crippen LogP contribution in [-0.2, 0) is 16.6 Å². The summed E-state index contributed by atoms with van der Waals surface area (Å²) in [6.07, 6.45) is 5.88. The van der Waals surface area contributed by atoms with Crippen molar-refractivity contribution in [3.8, 4) is 10.6 Å². The summed E-state index contributed by atoms with van der Waals surface area (Å²) >= 11 is 1.50. The monoisotopic (exact) mass is 415 g/mol. The van der Waals surface area contributed by atoms with Crippen molar-refractivity contribution in [1.82, 2.24) is 14.5 Å². The van der Waals surface area contributed by atoms with Crippen LogP contribution in [0.3, 0.4) is 0 Å². The van der Waals surface area contributed by atoms with Crippen LogP contribution in [0.2, 0.25) is 0 Å². The fourth-order valence-electron chi connectivity index (χ4n) is 3.79. The highest BCUT2D eigenvalue weighted by atomic mass is 32.2. The lowest BCUT2D eigenvalue weighted by Crippen LogP contribution is -2.41. The summed E-state index contributed by atoms with van der Waals surface area (Å²) in [5.74, 6) is 0.355. The zero-order valence-corrected chi connectivity index (χ0v) is 17.5. The van der Waals surface area contributed by atoms with Crippen molar-refractivity contribution in [3.63, 3.8) is 0 Å². The van der Waals surface area contributed by atoms with Crippen LogP contribution in [0.1, 0.15) is 38.2 Å². The van der Waals surface area contributed by atoms with Gasteiger partial charge in [0.25, 0.3) is 0 Å². The Labute approximate surface area is 170 Å². The average molecular weight is 416 g/mol. The summed E-state index contributed by atoms with van der Waals surface area (Å²) in [5.41, 5.74) is 1.61. The Balaban J connectivity index is 1.68. The molecule has 0 spiro atoms. The van der Waals surface area contributed by atoms with Gasteiger partial charge in [-0.15, -0.1) is 11.3 Å². The summed E-state index contributed by atoms with van der Waals surface area (Å²) in [5, 5.41) is 6.58. The number of aromatic nitrogens is 2. The van der Waals surface area contributed by atoms with Crippen molar-refractivity contribution in [2.45, 2.75) is 50.1 Å². The lowest BCUT2D eigenvalue weighted by atomic mass is 9.87. The zero-order valence-electron chi connectivity index (χ0n) is 15.9. The van der Waals surface area contributed by atoms with Gasteiger partial charge in [-0.2, -0.15) is 5.10 Å². The first-order chi connectivity index (χ1) is 13.5. The smallest absolute Gasteiger partial charge is 0.244 e. The van der Waals surface area contributed by atoms with E-state index in [1.54, 1.807) is 10.9 Å². The first kappa shape index (κ1) is 19.4. The molecule has 0 saturated heterocycles. The minimum absolute atomic E-state index is 0.00703. The Bertz CT molecular complexity index is 1010. The lowest BCUT2D eigenvalue weighted by Gasteiger charge is -2.29. The molecule has 3 aromatic rings. The molecule has 1 fully saturated rings. The molecule has 1 aliphatic carbocycles. The van der Waals surface area contributed by atoms with Crippen molar-refractivity contribution in [2.75, 3.05) is 0 Å². The first-order valence-corrected chi connectivity index (χ1v) is 12.1. The molecule has 1 aromatic carbocycles. The summed E-state index contributed by atoms with van der Waals surface area (Å²) in [4.78, 5) is 1.13. The fourth-order valence-corrected chi connectivity index (χ4v) is 6.12. The van der Waals surface area contributed by atoms with E-state index in [-0.39, 0.29) is 10.9 Å². The third-order valence-corrected chi connectivity index (χ3v) is 7.75. The van der Waals surface area contributed by atoms with Crippen molar-refractivity contribution < 1.29 is 8.42 Å². The molecule has 2 heterocycles. The maximum atomic E-state index is 13.3. The molecule has 1 saturated carbocycles. The molecule has 0 bridgehead atoms. The largest absolute Gasteiger partial charge is 0.266 e. The van der Waals surface area contributed by atoms with Gasteiger partial charge in [-0.3, -0.25) is 4.68 Å². The molecule has 0 radical (unpaired) electrons. The van der Waals surface area contributed by atoms with E-state index in [4.69, 9.17) is 0 Å². The minimum Gasteiger partial charge on any atom is -0.266 e. The molecule has 0 amide bonds. The molecule has 1 aliphatic rings. The van der Waals surface area contributed by atoms with Gasteiger partial charge in [-0.1, -0.05) is 56.2 Å². The van der Waals surface area contributed by atoms with Crippen molar-refractivity contribution >= 4 is 21.4 Å². The molecule has 148 valence electrons. The van der Waals surface area contributed by atoms with Crippen molar-refractivity contribution in [3.05, 3.63) is 59.6 Å². The van der Waals surface area contributed by atoms with E-state index in [0.29, 0.717) is 18.2 Å². The lowest BCUT2D eigenvalue weighted by molar-refractivity contribution is 0.310. The van der Waals surface area contributed by atoms with E-state index in [9.17, 15) is 8.42 Å². The predicted octanol–water partition coefficient (Wildman–Crippen LogP) is 4.52. The van der Waals surface area contributed by atoms with Crippen LogP contribution in [0.5, 0.6) is 0 Å². The number of hydrogen-bond acceptors (Lipinski definition) is 4. The summed E-state index contributed by atoms with van der Waals surface area (Å²) < 4.78 is 31.2. The maximum absolute atomic E-state index is 13.3. The SMILES string of the molecule is CC1CCCCC1NS(=O)(=O)c1cn(Cc2ccccc2)nc1-c1cccs1. The molecular formula is C21H25N3O2S2. The van der Waals surface area contributed by atoms with Crippen LogP contribution in [-0.4, -0.2) is 24.2 Å². The second-order valence-corrected chi connectivity index (χ2v) is 10.1. The molecule has 1 N–H and O–H groups in total. The van der Waals surface area contributed by atoms with Gasteiger partial charge in [0.1, 0.15) is 10.6 Å². The molecule has 2 aromatic heterocycles. The Kier molecular flexibility index (Phi) is 5.66. The second-order valence-electron chi connectivity index (χ2n) is 7.49. The molecule has 5 nitrogen and oxygen atoms in total. The van der Waals surface area contributed by atoms with Gasteiger partial charge in [0.2, 0.25) is 10.0 Å². The van der Waals surface area contributed by atoms with E-state index in [1.165, 1.54) is 17.8 Å². The van der Waals surface area contributed by atoms with Crippen molar-refractivity contribution in [2.24, 2.45) is 5.92 Å². The molecular weight excluding hydrogens is 390 g/mol. The Morgan fingerprint density at radius 3 is 2.64 bits per heavy atom. The Morgan fingerprint density at radius 1 is 1.14 bits per heavy atom. The maximum Gasteiger partial charge on any atom is 0.244 e. The Morgan fingerprint density at radius 2 is 1.93 bits per heavy atom. The highest BCUT2D eigenvalue weighted by Gasteiger charge is 2.30. The van der Waals surface area contributed by atoms with E-state index in [0.717, 1.165) is 29.7 Å². The zero-order chi connectivity index (χ0) is 19.6. The van der Waals surface area contributed by atoms with Crippen LogP contribution >= 0.6 is 11.3 Å². The van der Waals surface area contributed by atoms with Crippen LogP contribution in [0.25, 0.3) is 10.6 Å². The van der Waals surface area contributed by atoms with Crippen LogP contribution in [0, 0.1) is 5.92 Å². The quantitative estimate of drug-likeness (QED) is 0.644. The number of sulfonamides is 1. The summed E-state index contributed by atoms with van der Waals surface area (Å²) in [6, 6.07) is 13.8. The van der Waals surface area contributed by atoms with Crippen LogP contribution in [0.4, 0.5) is 0 Å². The fraction of sp³-hybridized carbons (Fsp3) is 0.381. The number of benzene rings is 1. The molecule has 28 heavy (non-hydrogen) atoms. The molecule has 2 atom stereocenters. The van der Waals surface area contributed by atoms with Crippen molar-refractivity contribution in [1.29, 1.82) is 0 Å². The molecule has 2 unspecified atom stereocenters. The predicted molar refractivity (Wildman–Crippen MR) is 113 cm³/mol. The van der Waals surface area contributed by atoms with Gasteiger partial charge < -0.3 is 0 Å². The van der Waals surface area contributed by atoms with Gasteiger partial charge in [0, 0.05) is 12.2 Å². The number of nitrogens with one attached hydrogen (secondary N) is 1. The van der Waals surface area contributed by atoms with Gasteiger partial charge >= 0.3 is 0 Å². The third-order valence-electron chi connectivity index (χ3n) is 5.38. The highest BCUT2D eigenvalue weighted by molar-refractivity contribution is 7.89. The summed E-state index contributed by atoms with van der Waals surface area (Å²) in [6.45, 7) is 2.67. The van der Waals surface area contributed by atoms with E-state index in [1.807, 2.05) is 47.8 Å². The van der Waals surface area contributed by atoms with Crippen LogP contribution < -0.4 is 4.72 Å². The first-order valence-electron chi connectivity index (χ1n) is 9.70. The van der Waals surface area contributed by atoms with E-state index < -0.39 is 10.0 Å². The minimum atomic E-state index is -3.65. The van der Waals surface area contributed by atoms with Gasteiger partial charge in [0.05, 0.1) is 11.4 Å². The number of hydrogen-bond donors (Lipinski definition) is 1. The van der Waals surface area contributed by atoms with E-state index >= 15 is 0 Å².